The Hall–Kier alpha value is -0.770. The summed E-state index contributed by atoms with van der Waals surface area (Å²) in [6.07, 6.45) is 1.43. The minimum Gasteiger partial charge on any atom is -0.450 e. The molecule has 0 aromatic rings. The van der Waals surface area contributed by atoms with Crippen LogP contribution in [-0.2, 0) is 4.74 Å². The minimum atomic E-state index is -1.20. The van der Waals surface area contributed by atoms with E-state index in [0.29, 0.717) is 6.54 Å². The first-order valence-corrected chi connectivity index (χ1v) is 3.33. The van der Waals surface area contributed by atoms with Crippen LogP contribution < -0.4 is 5.73 Å². The van der Waals surface area contributed by atoms with Crippen molar-refractivity contribution in [2.24, 2.45) is 5.73 Å². The molecule has 0 spiro atoms. The van der Waals surface area contributed by atoms with E-state index < -0.39 is 6.16 Å². The quantitative estimate of drug-likeness (QED) is 0.446. The zero-order chi connectivity index (χ0) is 7.82. The number of unbranched alkanes of at least 4 members (excludes halogenated alkanes) is 2. The van der Waals surface area contributed by atoms with Crippen LogP contribution in [0.4, 0.5) is 4.79 Å². The molecule has 0 aliphatic rings. The van der Waals surface area contributed by atoms with Gasteiger partial charge < -0.3 is 15.6 Å². The fraction of sp³-hybridized carbons (Fsp3) is 0.833. The summed E-state index contributed by atoms with van der Waals surface area (Å²) in [5.41, 5.74) is 5.21. The van der Waals surface area contributed by atoms with Crippen LogP contribution in [0.5, 0.6) is 0 Å². The number of nitrogens with two attached hydrogens (primary N) is 1. The highest BCUT2D eigenvalue weighted by Gasteiger charge is 1.93. The van der Waals surface area contributed by atoms with E-state index in [4.69, 9.17) is 10.8 Å². The van der Waals surface area contributed by atoms with Crippen molar-refractivity contribution in [3.8, 4) is 0 Å². The summed E-state index contributed by atoms with van der Waals surface area (Å²) in [4.78, 5) is 9.79. The molecule has 3 N–H and O–H groups in total. The normalized spacial score (nSPS) is 9.30. The third kappa shape index (κ3) is 7.23. The van der Waals surface area contributed by atoms with E-state index in [2.05, 4.69) is 4.74 Å². The van der Waals surface area contributed by atoms with E-state index in [0.717, 1.165) is 19.3 Å². The van der Waals surface area contributed by atoms with E-state index in [1.165, 1.54) is 0 Å². The summed E-state index contributed by atoms with van der Waals surface area (Å²) in [5.74, 6) is 0. The lowest BCUT2D eigenvalue weighted by Gasteiger charge is -1.98. The second-order valence-electron chi connectivity index (χ2n) is 1.96. The highest BCUT2D eigenvalue weighted by atomic mass is 16.7. The van der Waals surface area contributed by atoms with Crippen molar-refractivity contribution in [1.82, 2.24) is 0 Å². The zero-order valence-corrected chi connectivity index (χ0v) is 5.88. The SMILES string of the molecule is NCCCCCOC(=O)O. The van der Waals surface area contributed by atoms with E-state index in [1.54, 1.807) is 0 Å². The summed E-state index contributed by atoms with van der Waals surface area (Å²) in [5, 5.41) is 8.02. The molecular weight excluding hydrogens is 134 g/mol. The molecule has 0 fully saturated rings. The molecule has 0 rings (SSSR count). The lowest BCUT2D eigenvalue weighted by Crippen LogP contribution is -2.03. The summed E-state index contributed by atoms with van der Waals surface area (Å²) >= 11 is 0. The van der Waals surface area contributed by atoms with Crippen molar-refractivity contribution in [3.63, 3.8) is 0 Å². The third-order valence-corrected chi connectivity index (χ3v) is 1.07. The molecule has 4 heteroatoms. The third-order valence-electron chi connectivity index (χ3n) is 1.07. The maximum atomic E-state index is 9.79. The summed E-state index contributed by atoms with van der Waals surface area (Å²) in [7, 11) is 0. The molecule has 0 saturated carbocycles. The molecule has 0 radical (unpaired) electrons. The predicted octanol–water partition coefficient (Wildman–Crippen LogP) is 0.810. The van der Waals surface area contributed by atoms with Gasteiger partial charge in [-0.05, 0) is 25.8 Å². The molecule has 0 atom stereocenters. The number of carboxylic acid groups (broad SMARTS) is 1. The van der Waals surface area contributed by atoms with Gasteiger partial charge in [-0.1, -0.05) is 0 Å². The highest BCUT2D eigenvalue weighted by molar-refractivity contribution is 5.56. The Labute approximate surface area is 60.0 Å². The molecule has 0 heterocycles. The maximum absolute atomic E-state index is 9.79. The number of hydrogen-bond donors (Lipinski definition) is 2. The van der Waals surface area contributed by atoms with E-state index in [1.807, 2.05) is 0 Å². The minimum absolute atomic E-state index is 0.287. The van der Waals surface area contributed by atoms with Crippen LogP contribution in [-0.4, -0.2) is 24.4 Å². The van der Waals surface area contributed by atoms with Crippen molar-refractivity contribution in [2.75, 3.05) is 13.2 Å². The van der Waals surface area contributed by atoms with Crippen LogP contribution in [0.2, 0.25) is 0 Å². The molecule has 10 heavy (non-hydrogen) atoms. The first-order chi connectivity index (χ1) is 4.77. The Morgan fingerprint density at radius 1 is 1.40 bits per heavy atom. The van der Waals surface area contributed by atoms with Crippen molar-refractivity contribution in [1.29, 1.82) is 0 Å². The van der Waals surface area contributed by atoms with Crippen LogP contribution in [0.15, 0.2) is 0 Å². The molecule has 0 aromatic heterocycles. The Morgan fingerprint density at radius 3 is 2.60 bits per heavy atom. The van der Waals surface area contributed by atoms with Crippen LogP contribution in [0.25, 0.3) is 0 Å². The number of ether oxygens (including phenoxy) is 1. The Kier molecular flexibility index (Phi) is 5.86. The molecule has 0 saturated heterocycles. The second kappa shape index (κ2) is 6.35. The number of hydrogen-bond acceptors (Lipinski definition) is 3. The van der Waals surface area contributed by atoms with Gasteiger partial charge in [-0.15, -0.1) is 0 Å². The van der Waals surface area contributed by atoms with Gasteiger partial charge in [-0.3, -0.25) is 0 Å². The number of carbonyl (C=O) groups is 1. The molecule has 60 valence electrons. The smallest absolute Gasteiger partial charge is 0.450 e. The molecular formula is C6H13NO3. The van der Waals surface area contributed by atoms with E-state index in [9.17, 15) is 4.79 Å². The van der Waals surface area contributed by atoms with Gasteiger partial charge in [0.15, 0.2) is 0 Å². The van der Waals surface area contributed by atoms with Crippen molar-refractivity contribution >= 4 is 6.16 Å². The van der Waals surface area contributed by atoms with Gasteiger partial charge in [0.2, 0.25) is 0 Å². The van der Waals surface area contributed by atoms with Gasteiger partial charge >= 0.3 is 6.16 Å². The first-order valence-electron chi connectivity index (χ1n) is 3.33. The fourth-order valence-corrected chi connectivity index (χ4v) is 0.583. The van der Waals surface area contributed by atoms with Crippen LogP contribution >= 0.6 is 0 Å². The Morgan fingerprint density at radius 2 is 2.10 bits per heavy atom. The standard InChI is InChI=1S/C6H13NO3/c7-4-2-1-3-5-10-6(8)9/h1-5,7H2,(H,8,9). The molecule has 0 aromatic carbocycles. The van der Waals surface area contributed by atoms with E-state index >= 15 is 0 Å². The predicted molar refractivity (Wildman–Crippen MR) is 36.9 cm³/mol. The lowest BCUT2D eigenvalue weighted by atomic mass is 10.2. The van der Waals surface area contributed by atoms with Crippen LogP contribution in [0, 0.1) is 0 Å². The Balaban J connectivity index is 2.84. The monoisotopic (exact) mass is 147 g/mol. The molecule has 0 unspecified atom stereocenters. The summed E-state index contributed by atoms with van der Waals surface area (Å²) in [6.45, 7) is 0.947. The van der Waals surface area contributed by atoms with E-state index in [-0.39, 0.29) is 6.61 Å². The van der Waals surface area contributed by atoms with Gasteiger partial charge in [-0.25, -0.2) is 4.79 Å². The van der Waals surface area contributed by atoms with Gasteiger partial charge in [0, 0.05) is 0 Å². The fourth-order valence-electron chi connectivity index (χ4n) is 0.583. The van der Waals surface area contributed by atoms with Gasteiger partial charge in [-0.2, -0.15) is 0 Å². The molecule has 0 bridgehead atoms. The highest BCUT2D eigenvalue weighted by Crippen LogP contribution is 1.93. The Bertz CT molecular complexity index is 95.0. The topological polar surface area (TPSA) is 72.5 Å². The van der Waals surface area contributed by atoms with Crippen molar-refractivity contribution in [3.05, 3.63) is 0 Å². The van der Waals surface area contributed by atoms with Crippen LogP contribution in [0.3, 0.4) is 0 Å². The van der Waals surface area contributed by atoms with Crippen molar-refractivity contribution < 1.29 is 14.6 Å². The second-order valence-corrected chi connectivity index (χ2v) is 1.96. The van der Waals surface area contributed by atoms with Gasteiger partial charge in [0.05, 0.1) is 6.61 Å². The maximum Gasteiger partial charge on any atom is 0.505 e. The molecule has 0 amide bonds. The average molecular weight is 147 g/mol. The van der Waals surface area contributed by atoms with Crippen LogP contribution in [0.1, 0.15) is 19.3 Å². The number of rotatable bonds is 5. The zero-order valence-electron chi connectivity index (χ0n) is 5.88. The van der Waals surface area contributed by atoms with Crippen molar-refractivity contribution in [2.45, 2.75) is 19.3 Å². The first kappa shape index (κ1) is 9.23. The lowest BCUT2D eigenvalue weighted by molar-refractivity contribution is 0.0900. The van der Waals surface area contributed by atoms with Gasteiger partial charge in [0.1, 0.15) is 0 Å². The molecule has 0 aliphatic heterocycles. The average Bonchev–Trinajstić information content (AvgIpc) is 1.87. The van der Waals surface area contributed by atoms with Gasteiger partial charge in [0.25, 0.3) is 0 Å². The largest absolute Gasteiger partial charge is 0.505 e. The molecule has 0 aliphatic carbocycles. The molecule has 4 nitrogen and oxygen atoms in total. The summed E-state index contributed by atoms with van der Waals surface area (Å²) < 4.78 is 4.26. The summed E-state index contributed by atoms with van der Waals surface area (Å²) in [6, 6.07) is 0.